The van der Waals surface area contributed by atoms with Crippen molar-refractivity contribution in [3.05, 3.63) is 42.9 Å². The molecule has 1 aliphatic rings. The average molecular weight is 378 g/mol. The van der Waals surface area contributed by atoms with Gasteiger partial charge in [0, 0.05) is 55.7 Å². The molecular formula is C20H22N6O2. The van der Waals surface area contributed by atoms with Crippen LogP contribution in [0.5, 0.6) is 5.75 Å². The highest BCUT2D eigenvalue weighted by molar-refractivity contribution is 5.85. The summed E-state index contributed by atoms with van der Waals surface area (Å²) in [6, 6.07) is 2.03. The van der Waals surface area contributed by atoms with Crippen molar-refractivity contribution in [3.63, 3.8) is 0 Å². The molecule has 8 heteroatoms. The van der Waals surface area contributed by atoms with Crippen LogP contribution in [0.25, 0.3) is 27.9 Å². The molecular weight excluding hydrogens is 356 g/mol. The van der Waals surface area contributed by atoms with E-state index in [0.29, 0.717) is 5.92 Å². The number of methoxy groups -OCH3 is 1. The zero-order valence-electron chi connectivity index (χ0n) is 16.2. The van der Waals surface area contributed by atoms with Crippen LogP contribution in [0, 0.1) is 0 Å². The molecule has 0 radical (unpaired) electrons. The minimum absolute atomic E-state index is 0.347. The SMILES string of the molecule is COc1cc(-c2cnn(C)c2)cn2ncc(-c3cnc(C4CCOC4)n3C)c12. The van der Waals surface area contributed by atoms with Crippen LogP contribution in [-0.2, 0) is 18.8 Å². The minimum atomic E-state index is 0.347. The number of hydrogen-bond acceptors (Lipinski definition) is 5. The maximum absolute atomic E-state index is 5.73. The lowest BCUT2D eigenvalue weighted by Gasteiger charge is -2.11. The highest BCUT2D eigenvalue weighted by atomic mass is 16.5. The summed E-state index contributed by atoms with van der Waals surface area (Å²) >= 11 is 0. The number of pyridine rings is 1. The highest BCUT2D eigenvalue weighted by Gasteiger charge is 2.24. The molecule has 28 heavy (non-hydrogen) atoms. The fraction of sp³-hybridized carbons (Fsp3) is 0.350. The van der Waals surface area contributed by atoms with Crippen molar-refractivity contribution in [2.45, 2.75) is 12.3 Å². The van der Waals surface area contributed by atoms with Gasteiger partial charge in [-0.3, -0.25) is 4.68 Å². The molecule has 5 rings (SSSR count). The Hall–Kier alpha value is -3.13. The van der Waals surface area contributed by atoms with Crippen LogP contribution in [0.2, 0.25) is 0 Å². The van der Waals surface area contributed by atoms with Crippen molar-refractivity contribution in [1.29, 1.82) is 0 Å². The largest absolute Gasteiger partial charge is 0.494 e. The average Bonchev–Trinajstić information content (AvgIpc) is 3.47. The summed E-state index contributed by atoms with van der Waals surface area (Å²) in [6.07, 6.45) is 10.6. The Morgan fingerprint density at radius 3 is 2.71 bits per heavy atom. The number of aromatic nitrogens is 6. The predicted molar refractivity (Wildman–Crippen MR) is 104 cm³/mol. The standard InChI is InChI=1S/C20H22N6O2/c1-24-10-15(7-22-24)14-6-18(27-3)19-16(8-23-26(19)11-14)17-9-21-20(25(17)2)13-4-5-28-12-13/h6-11,13H,4-5,12H2,1-3H3. The molecule has 8 nitrogen and oxygen atoms in total. The molecule has 0 spiro atoms. The number of hydrogen-bond donors (Lipinski definition) is 0. The zero-order chi connectivity index (χ0) is 19.3. The van der Waals surface area contributed by atoms with E-state index in [0.717, 1.165) is 59.1 Å². The van der Waals surface area contributed by atoms with Gasteiger partial charge >= 0.3 is 0 Å². The Bertz CT molecular complexity index is 1150. The topological polar surface area (TPSA) is 71.4 Å². The van der Waals surface area contributed by atoms with Crippen LogP contribution in [0.1, 0.15) is 18.2 Å². The molecule has 0 amide bonds. The Morgan fingerprint density at radius 1 is 1.11 bits per heavy atom. The first-order chi connectivity index (χ1) is 13.7. The van der Waals surface area contributed by atoms with E-state index in [1.54, 1.807) is 11.8 Å². The van der Waals surface area contributed by atoms with Crippen LogP contribution in [0.4, 0.5) is 0 Å². The van der Waals surface area contributed by atoms with Gasteiger partial charge in [-0.05, 0) is 12.5 Å². The monoisotopic (exact) mass is 378 g/mol. The molecule has 1 fully saturated rings. The van der Waals surface area contributed by atoms with E-state index in [9.17, 15) is 0 Å². The summed E-state index contributed by atoms with van der Waals surface area (Å²) < 4.78 is 17.0. The highest BCUT2D eigenvalue weighted by Crippen LogP contribution is 2.36. The number of rotatable bonds is 4. The quantitative estimate of drug-likeness (QED) is 0.546. The summed E-state index contributed by atoms with van der Waals surface area (Å²) in [5.41, 5.74) is 4.95. The Kier molecular flexibility index (Phi) is 3.94. The van der Waals surface area contributed by atoms with Crippen LogP contribution in [0.15, 0.2) is 37.1 Å². The fourth-order valence-electron chi connectivity index (χ4n) is 3.95. The van der Waals surface area contributed by atoms with Crippen molar-refractivity contribution in [2.75, 3.05) is 20.3 Å². The van der Waals surface area contributed by atoms with E-state index in [-0.39, 0.29) is 0 Å². The molecule has 1 aliphatic heterocycles. The third kappa shape index (κ3) is 2.60. The van der Waals surface area contributed by atoms with Crippen molar-refractivity contribution >= 4 is 5.52 Å². The first-order valence-electron chi connectivity index (χ1n) is 9.30. The summed E-state index contributed by atoms with van der Waals surface area (Å²) in [7, 11) is 5.64. The van der Waals surface area contributed by atoms with E-state index in [1.807, 2.05) is 48.6 Å². The van der Waals surface area contributed by atoms with Crippen LogP contribution in [-0.4, -0.2) is 49.3 Å². The van der Waals surface area contributed by atoms with E-state index in [4.69, 9.17) is 9.47 Å². The normalized spacial score (nSPS) is 16.9. The Morgan fingerprint density at radius 2 is 2.00 bits per heavy atom. The first-order valence-corrected chi connectivity index (χ1v) is 9.30. The van der Waals surface area contributed by atoms with E-state index >= 15 is 0 Å². The number of imidazole rings is 1. The second-order valence-electron chi connectivity index (χ2n) is 7.17. The van der Waals surface area contributed by atoms with Gasteiger partial charge in [0.05, 0.1) is 38.0 Å². The maximum atomic E-state index is 5.73. The third-order valence-corrected chi connectivity index (χ3v) is 5.43. The molecule has 0 bridgehead atoms. The zero-order valence-corrected chi connectivity index (χ0v) is 16.2. The summed E-state index contributed by atoms with van der Waals surface area (Å²) in [6.45, 7) is 1.53. The smallest absolute Gasteiger partial charge is 0.145 e. The molecule has 4 aromatic heterocycles. The van der Waals surface area contributed by atoms with Crippen molar-refractivity contribution in [3.8, 4) is 28.1 Å². The molecule has 5 heterocycles. The van der Waals surface area contributed by atoms with E-state index in [2.05, 4.69) is 26.8 Å². The fourth-order valence-corrected chi connectivity index (χ4v) is 3.95. The lowest BCUT2D eigenvalue weighted by molar-refractivity contribution is 0.193. The van der Waals surface area contributed by atoms with Gasteiger partial charge in [-0.2, -0.15) is 10.2 Å². The van der Waals surface area contributed by atoms with Crippen molar-refractivity contribution in [1.82, 2.24) is 28.9 Å². The van der Waals surface area contributed by atoms with Gasteiger partial charge in [-0.1, -0.05) is 0 Å². The Balaban J connectivity index is 1.63. The van der Waals surface area contributed by atoms with Crippen molar-refractivity contribution < 1.29 is 9.47 Å². The first kappa shape index (κ1) is 17.0. The van der Waals surface area contributed by atoms with Gasteiger partial charge in [-0.15, -0.1) is 0 Å². The predicted octanol–water partition coefficient (Wildman–Crippen LogP) is 2.65. The van der Waals surface area contributed by atoms with Crippen molar-refractivity contribution in [2.24, 2.45) is 14.1 Å². The molecule has 0 N–H and O–H groups in total. The number of aryl methyl sites for hydroxylation is 1. The second-order valence-corrected chi connectivity index (χ2v) is 7.17. The second kappa shape index (κ2) is 6.49. The number of nitrogens with zero attached hydrogens (tertiary/aromatic N) is 6. The summed E-state index contributed by atoms with van der Waals surface area (Å²) in [5, 5.41) is 8.85. The lowest BCUT2D eigenvalue weighted by atomic mass is 10.1. The third-order valence-electron chi connectivity index (χ3n) is 5.43. The molecule has 4 aromatic rings. The van der Waals surface area contributed by atoms with Gasteiger partial charge in [-0.25, -0.2) is 9.50 Å². The van der Waals surface area contributed by atoms with Crippen LogP contribution < -0.4 is 4.74 Å². The lowest BCUT2D eigenvalue weighted by Crippen LogP contribution is -2.06. The van der Waals surface area contributed by atoms with Gasteiger partial charge < -0.3 is 14.0 Å². The molecule has 1 atom stereocenters. The van der Waals surface area contributed by atoms with Gasteiger partial charge in [0.1, 0.15) is 17.1 Å². The van der Waals surface area contributed by atoms with Gasteiger partial charge in [0.25, 0.3) is 0 Å². The minimum Gasteiger partial charge on any atom is -0.494 e. The molecule has 0 saturated carbocycles. The summed E-state index contributed by atoms with van der Waals surface area (Å²) in [4.78, 5) is 4.68. The molecule has 1 unspecified atom stereocenters. The molecule has 0 aliphatic carbocycles. The molecule has 1 saturated heterocycles. The van der Waals surface area contributed by atoms with Crippen LogP contribution in [0.3, 0.4) is 0 Å². The molecule has 144 valence electrons. The van der Waals surface area contributed by atoms with E-state index < -0.39 is 0 Å². The molecule has 0 aromatic carbocycles. The van der Waals surface area contributed by atoms with E-state index in [1.165, 1.54) is 0 Å². The Labute approximate surface area is 162 Å². The van der Waals surface area contributed by atoms with Gasteiger partial charge in [0.15, 0.2) is 0 Å². The van der Waals surface area contributed by atoms with Gasteiger partial charge in [0.2, 0.25) is 0 Å². The maximum Gasteiger partial charge on any atom is 0.145 e. The number of fused-ring (bicyclic) bond motifs is 1. The number of ether oxygens (including phenoxy) is 2. The van der Waals surface area contributed by atoms with Crippen LogP contribution >= 0.6 is 0 Å². The summed E-state index contributed by atoms with van der Waals surface area (Å²) in [5.74, 6) is 2.17.